The third-order valence-electron chi connectivity index (χ3n) is 5.49. The Morgan fingerprint density at radius 1 is 0.696 bits per heavy atom. The predicted molar refractivity (Wildman–Crippen MR) is 84.9 cm³/mol. The van der Waals surface area contributed by atoms with Gasteiger partial charge in [0.2, 0.25) is 0 Å². The van der Waals surface area contributed by atoms with Crippen LogP contribution < -0.4 is 0 Å². The van der Waals surface area contributed by atoms with Crippen molar-refractivity contribution < 1.29 is 29.2 Å². The summed E-state index contributed by atoms with van der Waals surface area (Å²) in [6.45, 7) is 9.38. The summed E-state index contributed by atoms with van der Waals surface area (Å²) >= 11 is 0. The van der Waals surface area contributed by atoms with Crippen LogP contribution in [0.1, 0.15) is 53.4 Å². The summed E-state index contributed by atoms with van der Waals surface area (Å²) < 4.78 is 23.2. The molecule has 6 nitrogen and oxygen atoms in total. The van der Waals surface area contributed by atoms with Crippen LogP contribution in [0.3, 0.4) is 0 Å². The Morgan fingerprint density at radius 3 is 1.17 bits per heavy atom. The van der Waals surface area contributed by atoms with Gasteiger partial charge in [0, 0.05) is 0 Å². The van der Waals surface area contributed by atoms with E-state index in [2.05, 4.69) is 0 Å². The molecule has 23 heavy (non-hydrogen) atoms. The largest absolute Gasteiger partial charge is 0.385 e. The van der Waals surface area contributed by atoms with Crippen LogP contribution in [0.25, 0.3) is 0 Å². The van der Waals surface area contributed by atoms with Crippen molar-refractivity contribution in [1.29, 1.82) is 0 Å². The first kappa shape index (κ1) is 19.1. The highest BCUT2D eigenvalue weighted by atomic mass is 16.7. The summed E-state index contributed by atoms with van der Waals surface area (Å²) in [6, 6.07) is 0. The fourth-order valence-electron chi connectivity index (χ4n) is 3.14. The van der Waals surface area contributed by atoms with Gasteiger partial charge in [-0.25, -0.2) is 0 Å². The van der Waals surface area contributed by atoms with Crippen LogP contribution in [0.4, 0.5) is 0 Å². The van der Waals surface area contributed by atoms with Gasteiger partial charge in [-0.15, -0.1) is 0 Å². The average molecular weight is 332 g/mol. The van der Waals surface area contributed by atoms with E-state index in [1.54, 1.807) is 0 Å². The smallest absolute Gasteiger partial charge is 0.186 e. The summed E-state index contributed by atoms with van der Waals surface area (Å²) in [6.07, 6.45) is 1.10. The quantitative estimate of drug-likeness (QED) is 0.773. The molecule has 0 unspecified atom stereocenters. The van der Waals surface area contributed by atoms with E-state index in [1.165, 1.54) is 0 Å². The van der Waals surface area contributed by atoms with E-state index < -0.39 is 23.8 Å². The molecule has 0 saturated carbocycles. The molecule has 2 aliphatic rings. The van der Waals surface area contributed by atoms with Gasteiger partial charge in [0.05, 0.1) is 31.8 Å². The third-order valence-corrected chi connectivity index (χ3v) is 5.49. The van der Waals surface area contributed by atoms with Gasteiger partial charge in [0.15, 0.2) is 12.6 Å². The highest BCUT2D eigenvalue weighted by molar-refractivity contribution is 4.91. The first-order valence-electron chi connectivity index (χ1n) is 8.78. The number of rotatable bonds is 6. The molecule has 0 aromatic heterocycles. The summed E-state index contributed by atoms with van der Waals surface area (Å²) in [5.41, 5.74) is -2.27. The fraction of sp³-hybridized carbons (Fsp3) is 1.00. The molecule has 2 rings (SSSR count). The Morgan fingerprint density at radius 2 is 0.957 bits per heavy atom. The Balaban J connectivity index is 1.91. The van der Waals surface area contributed by atoms with E-state index in [4.69, 9.17) is 18.9 Å². The van der Waals surface area contributed by atoms with Crippen molar-refractivity contribution in [3.63, 3.8) is 0 Å². The topological polar surface area (TPSA) is 77.4 Å². The molecule has 2 saturated heterocycles. The maximum Gasteiger partial charge on any atom is 0.186 e. The van der Waals surface area contributed by atoms with E-state index in [1.807, 2.05) is 27.7 Å². The Hall–Kier alpha value is -0.240. The highest BCUT2D eigenvalue weighted by Crippen LogP contribution is 2.37. The predicted octanol–water partition coefficient (Wildman–Crippen LogP) is 1.82. The van der Waals surface area contributed by atoms with E-state index in [0.29, 0.717) is 52.1 Å². The molecule has 0 aliphatic carbocycles. The molecule has 0 bridgehead atoms. The molecule has 136 valence electrons. The second kappa shape index (κ2) is 7.33. The molecule has 0 aromatic rings. The summed E-state index contributed by atoms with van der Waals surface area (Å²) in [5.74, 6) is 0. The number of aliphatic hydroxyl groups is 2. The van der Waals surface area contributed by atoms with Gasteiger partial charge >= 0.3 is 0 Å². The first-order chi connectivity index (χ1) is 10.9. The summed E-state index contributed by atoms with van der Waals surface area (Å²) in [7, 11) is 0. The van der Waals surface area contributed by atoms with Crippen molar-refractivity contribution in [2.45, 2.75) is 77.2 Å². The van der Waals surface area contributed by atoms with E-state index >= 15 is 0 Å². The second-order valence-electron chi connectivity index (χ2n) is 7.03. The van der Waals surface area contributed by atoms with Gasteiger partial charge in [0.25, 0.3) is 0 Å². The van der Waals surface area contributed by atoms with Crippen molar-refractivity contribution in [3.8, 4) is 0 Å². The molecule has 2 heterocycles. The van der Waals surface area contributed by atoms with Crippen LogP contribution in [0.2, 0.25) is 0 Å². The Bertz CT molecular complexity index is 322. The van der Waals surface area contributed by atoms with Gasteiger partial charge < -0.3 is 29.2 Å². The molecular weight excluding hydrogens is 300 g/mol. The van der Waals surface area contributed by atoms with Crippen molar-refractivity contribution in [1.82, 2.24) is 0 Å². The molecule has 2 aliphatic heterocycles. The Kier molecular flexibility index (Phi) is 6.09. The van der Waals surface area contributed by atoms with Gasteiger partial charge in [-0.2, -0.15) is 0 Å². The zero-order valence-electron chi connectivity index (χ0n) is 14.8. The van der Waals surface area contributed by atoms with Gasteiger partial charge in [-0.3, -0.25) is 0 Å². The molecular formula is C17H32O6. The maximum atomic E-state index is 10.5. The molecule has 0 atom stereocenters. The van der Waals surface area contributed by atoms with Crippen molar-refractivity contribution in [2.24, 2.45) is 5.41 Å². The normalized spacial score (nSPS) is 33.1. The zero-order valence-corrected chi connectivity index (χ0v) is 14.8. The maximum absolute atomic E-state index is 10.5. The number of ether oxygens (including phenoxy) is 4. The van der Waals surface area contributed by atoms with Gasteiger partial charge in [-0.05, 0) is 25.7 Å². The van der Waals surface area contributed by atoms with Crippen molar-refractivity contribution >= 4 is 0 Å². The molecule has 0 amide bonds. The van der Waals surface area contributed by atoms with Crippen LogP contribution in [-0.2, 0) is 18.9 Å². The summed E-state index contributed by atoms with van der Waals surface area (Å²) in [5, 5.41) is 21.0. The lowest BCUT2D eigenvalue weighted by Crippen LogP contribution is -2.59. The third kappa shape index (κ3) is 3.72. The Labute approximate surface area is 139 Å². The standard InChI is InChI=1S/C17H32O6/c1-5-16(18,6-2)13-20-9-15(10-21-13)11-22-14(23-12-15)17(19,7-3)8-4/h13-14,18-19H,5-12H2,1-4H3. The second-order valence-corrected chi connectivity index (χ2v) is 7.03. The van der Waals surface area contributed by atoms with Crippen LogP contribution in [-0.4, -0.2) is 60.4 Å². The fourth-order valence-corrected chi connectivity index (χ4v) is 3.14. The number of hydrogen-bond acceptors (Lipinski definition) is 6. The molecule has 0 radical (unpaired) electrons. The lowest BCUT2D eigenvalue weighted by Gasteiger charge is -2.48. The van der Waals surface area contributed by atoms with E-state index in [-0.39, 0.29) is 5.41 Å². The van der Waals surface area contributed by atoms with Crippen molar-refractivity contribution in [3.05, 3.63) is 0 Å². The first-order valence-corrected chi connectivity index (χ1v) is 8.78. The lowest BCUT2D eigenvalue weighted by molar-refractivity contribution is -0.351. The van der Waals surface area contributed by atoms with Crippen LogP contribution in [0.15, 0.2) is 0 Å². The van der Waals surface area contributed by atoms with Crippen molar-refractivity contribution in [2.75, 3.05) is 26.4 Å². The number of hydrogen-bond donors (Lipinski definition) is 2. The monoisotopic (exact) mass is 332 g/mol. The minimum atomic E-state index is -0.953. The van der Waals surface area contributed by atoms with E-state index in [0.717, 1.165) is 0 Å². The van der Waals surface area contributed by atoms with Crippen LogP contribution in [0.5, 0.6) is 0 Å². The molecule has 0 aromatic carbocycles. The molecule has 1 spiro atoms. The minimum Gasteiger partial charge on any atom is -0.385 e. The molecule has 2 fully saturated rings. The van der Waals surface area contributed by atoms with Crippen LogP contribution >= 0.6 is 0 Å². The average Bonchev–Trinajstić information content (AvgIpc) is 2.61. The highest BCUT2D eigenvalue weighted by Gasteiger charge is 2.49. The van der Waals surface area contributed by atoms with Gasteiger partial charge in [0.1, 0.15) is 11.2 Å². The van der Waals surface area contributed by atoms with Crippen LogP contribution in [0, 0.1) is 5.41 Å². The lowest BCUT2D eigenvalue weighted by atomic mass is 9.88. The zero-order chi connectivity index (χ0) is 17.1. The summed E-state index contributed by atoms with van der Waals surface area (Å²) in [4.78, 5) is 0. The van der Waals surface area contributed by atoms with E-state index in [9.17, 15) is 10.2 Å². The SMILES string of the molecule is CCC(O)(CC)C1OCC2(CO1)COC(C(O)(CC)CC)OC2. The molecule has 6 heteroatoms. The molecule has 2 N–H and O–H groups in total. The van der Waals surface area contributed by atoms with Gasteiger partial charge in [-0.1, -0.05) is 27.7 Å². The minimum absolute atomic E-state index is 0.363.